The lowest BCUT2D eigenvalue weighted by atomic mass is 10.7. The van der Waals surface area contributed by atoms with Crippen LogP contribution < -0.4 is 5.32 Å². The minimum Gasteiger partial charge on any atom is -0.385 e. The molecule has 1 aromatic rings. The minimum atomic E-state index is -0.371. The highest BCUT2D eigenvalue weighted by Crippen LogP contribution is 2.28. The molecule has 0 spiro atoms. The van der Waals surface area contributed by atoms with E-state index in [2.05, 4.69) is 14.5 Å². The zero-order valence-corrected chi connectivity index (χ0v) is 9.20. The summed E-state index contributed by atoms with van der Waals surface area (Å²) in [4.78, 5) is 25.0. The molecular formula is C7H8N2O3S2. The van der Waals surface area contributed by atoms with Crippen LogP contribution in [0.4, 0.5) is 5.13 Å². The molecule has 1 N–H and O–H groups in total. The van der Waals surface area contributed by atoms with Crippen LogP contribution >= 0.6 is 23.4 Å². The number of rotatable bonds is 3. The lowest BCUT2D eigenvalue weighted by Crippen LogP contribution is -2.04. The fourth-order valence-corrected chi connectivity index (χ4v) is 1.97. The topological polar surface area (TPSA) is 68.3 Å². The van der Waals surface area contributed by atoms with Gasteiger partial charge in [0.15, 0.2) is 5.13 Å². The second kappa shape index (κ2) is 4.97. The first kappa shape index (κ1) is 11.0. The summed E-state index contributed by atoms with van der Waals surface area (Å²) in [6.07, 6.45) is 1.53. The molecule has 0 unspecified atom stereocenters. The minimum absolute atomic E-state index is 0.177. The van der Waals surface area contributed by atoms with E-state index in [1.54, 1.807) is 0 Å². The molecular weight excluding hydrogens is 224 g/mol. The number of carbonyl (C=O) groups excluding carboxylic acids is 2. The lowest BCUT2D eigenvalue weighted by Gasteiger charge is -1.94. The first-order valence-corrected chi connectivity index (χ1v) is 5.22. The number of thiazole rings is 1. The maximum absolute atomic E-state index is 10.7. The molecule has 1 amide bonds. The van der Waals surface area contributed by atoms with Crippen molar-refractivity contribution in [3.63, 3.8) is 0 Å². The number of aromatic nitrogens is 1. The molecule has 76 valence electrons. The first-order valence-electron chi connectivity index (χ1n) is 3.66. The number of nitrogens with zero attached hydrogens (tertiary/aromatic N) is 1. The Hall–Kier alpha value is -1.08. The van der Waals surface area contributed by atoms with Gasteiger partial charge in [0.25, 0.3) is 0 Å². The number of carbonyl (C=O) groups is 2. The molecule has 0 saturated heterocycles. The normalized spacial score (nSPS) is 9.57. The highest BCUT2D eigenvalue weighted by atomic mass is 32.2. The van der Waals surface area contributed by atoms with E-state index in [0.717, 1.165) is 12.0 Å². The third kappa shape index (κ3) is 3.75. The van der Waals surface area contributed by atoms with E-state index in [1.807, 2.05) is 0 Å². The monoisotopic (exact) mass is 232 g/mol. The molecule has 0 aliphatic carbocycles. The van der Waals surface area contributed by atoms with Crippen molar-refractivity contribution in [2.24, 2.45) is 0 Å². The predicted molar refractivity (Wildman–Crippen MR) is 54.0 cm³/mol. The number of hydrogen-bond acceptors (Lipinski definition) is 6. The molecule has 0 atom stereocenters. The van der Waals surface area contributed by atoms with E-state index >= 15 is 0 Å². The Morgan fingerprint density at radius 1 is 1.57 bits per heavy atom. The van der Waals surface area contributed by atoms with Crippen LogP contribution in [-0.4, -0.2) is 16.9 Å². The van der Waals surface area contributed by atoms with Gasteiger partial charge in [-0.2, -0.15) is 0 Å². The van der Waals surface area contributed by atoms with Crippen LogP contribution in [0.1, 0.15) is 13.8 Å². The number of amides is 1. The number of nitrogens with one attached hydrogen (secondary N) is 1. The van der Waals surface area contributed by atoms with Crippen LogP contribution in [0.5, 0.6) is 0 Å². The number of anilines is 1. The van der Waals surface area contributed by atoms with E-state index < -0.39 is 0 Å². The van der Waals surface area contributed by atoms with Gasteiger partial charge in [0.05, 0.1) is 6.20 Å². The van der Waals surface area contributed by atoms with E-state index in [0.29, 0.717) is 9.34 Å². The average molecular weight is 232 g/mol. The molecule has 0 saturated carbocycles. The van der Waals surface area contributed by atoms with Crippen LogP contribution in [0.2, 0.25) is 0 Å². The van der Waals surface area contributed by atoms with Crippen LogP contribution in [-0.2, 0) is 13.8 Å². The Balaban J connectivity index is 2.50. The third-order valence-corrected chi connectivity index (χ3v) is 2.76. The van der Waals surface area contributed by atoms with Gasteiger partial charge in [-0.3, -0.25) is 9.59 Å². The fraction of sp³-hybridized carbons (Fsp3) is 0.286. The molecule has 0 aliphatic rings. The average Bonchev–Trinajstić information content (AvgIpc) is 2.47. The van der Waals surface area contributed by atoms with E-state index in [-0.39, 0.29) is 11.9 Å². The molecule has 1 aromatic heterocycles. The van der Waals surface area contributed by atoms with E-state index in [4.69, 9.17) is 0 Å². The van der Waals surface area contributed by atoms with Crippen LogP contribution in [0.25, 0.3) is 0 Å². The molecule has 1 rings (SSSR count). The van der Waals surface area contributed by atoms with Crippen molar-refractivity contribution < 1.29 is 13.8 Å². The molecule has 0 bridgehead atoms. The van der Waals surface area contributed by atoms with Crippen molar-refractivity contribution in [1.82, 2.24) is 4.98 Å². The highest BCUT2D eigenvalue weighted by Gasteiger charge is 2.05. The highest BCUT2D eigenvalue weighted by molar-refractivity contribution is 7.97. The van der Waals surface area contributed by atoms with Gasteiger partial charge >= 0.3 is 5.97 Å². The third-order valence-electron chi connectivity index (χ3n) is 1.01. The van der Waals surface area contributed by atoms with Gasteiger partial charge in [-0.05, 0) is 0 Å². The van der Waals surface area contributed by atoms with Crippen LogP contribution in [0.15, 0.2) is 10.4 Å². The molecule has 14 heavy (non-hydrogen) atoms. The second-order valence-electron chi connectivity index (χ2n) is 2.32. The Kier molecular flexibility index (Phi) is 3.90. The van der Waals surface area contributed by atoms with Crippen molar-refractivity contribution in [2.45, 2.75) is 18.1 Å². The molecule has 7 heteroatoms. The summed E-state index contributed by atoms with van der Waals surface area (Å²) in [6.45, 7) is 2.73. The summed E-state index contributed by atoms with van der Waals surface area (Å²) in [6, 6.07) is 0. The molecule has 0 aromatic carbocycles. The maximum atomic E-state index is 10.7. The Bertz CT molecular complexity index is 350. The summed E-state index contributed by atoms with van der Waals surface area (Å²) >= 11 is 2.18. The summed E-state index contributed by atoms with van der Waals surface area (Å²) in [5, 5.41) is 3.02. The lowest BCUT2D eigenvalue weighted by molar-refractivity contribution is -0.130. The summed E-state index contributed by atoms with van der Waals surface area (Å²) in [5.74, 6) is -0.548. The quantitative estimate of drug-likeness (QED) is 0.803. The van der Waals surface area contributed by atoms with Crippen molar-refractivity contribution >= 4 is 40.4 Å². The molecule has 5 nitrogen and oxygen atoms in total. The number of hydrogen-bond donors (Lipinski definition) is 1. The Morgan fingerprint density at radius 2 is 2.29 bits per heavy atom. The van der Waals surface area contributed by atoms with Gasteiger partial charge in [0.1, 0.15) is 16.3 Å². The van der Waals surface area contributed by atoms with Gasteiger partial charge in [0.2, 0.25) is 5.91 Å². The summed E-state index contributed by atoms with van der Waals surface area (Å²) in [5.41, 5.74) is 0. The fourth-order valence-electron chi connectivity index (χ4n) is 0.606. The van der Waals surface area contributed by atoms with Gasteiger partial charge < -0.3 is 9.50 Å². The molecule has 0 aliphatic heterocycles. The smallest absolute Gasteiger partial charge is 0.315 e. The molecule has 0 fully saturated rings. The van der Waals surface area contributed by atoms with Gasteiger partial charge in [0, 0.05) is 13.8 Å². The molecule has 1 heterocycles. The van der Waals surface area contributed by atoms with Gasteiger partial charge in [-0.25, -0.2) is 4.98 Å². The van der Waals surface area contributed by atoms with Gasteiger partial charge in [-0.1, -0.05) is 11.3 Å². The maximum Gasteiger partial charge on any atom is 0.315 e. The van der Waals surface area contributed by atoms with Crippen LogP contribution in [0.3, 0.4) is 0 Å². The Morgan fingerprint density at radius 3 is 2.86 bits per heavy atom. The summed E-state index contributed by atoms with van der Waals surface area (Å²) in [7, 11) is 0. The van der Waals surface area contributed by atoms with Crippen molar-refractivity contribution in [2.75, 3.05) is 5.32 Å². The molecule has 0 radical (unpaired) electrons. The van der Waals surface area contributed by atoms with Crippen molar-refractivity contribution in [1.29, 1.82) is 0 Å². The zero-order valence-electron chi connectivity index (χ0n) is 7.57. The SMILES string of the molecule is CC(=O)Nc1ncc(SOC(C)=O)s1. The zero-order chi connectivity index (χ0) is 10.6. The van der Waals surface area contributed by atoms with E-state index in [9.17, 15) is 9.59 Å². The predicted octanol–water partition coefficient (Wildman–Crippen LogP) is 1.67. The standard InChI is InChI=1S/C7H8N2O3S2/c1-4(10)9-7-8-3-6(13-7)14-12-5(2)11/h3H,1-2H3,(H,8,9,10). The summed E-state index contributed by atoms with van der Waals surface area (Å²) < 4.78 is 5.39. The van der Waals surface area contributed by atoms with Gasteiger partial charge in [-0.15, -0.1) is 0 Å². The van der Waals surface area contributed by atoms with Crippen LogP contribution in [0, 0.1) is 0 Å². The van der Waals surface area contributed by atoms with Crippen molar-refractivity contribution in [3.8, 4) is 0 Å². The van der Waals surface area contributed by atoms with E-state index in [1.165, 1.54) is 31.4 Å². The Labute approximate surface area is 89.1 Å². The first-order chi connectivity index (χ1) is 6.58. The largest absolute Gasteiger partial charge is 0.385 e. The second-order valence-corrected chi connectivity index (χ2v) is 4.39. The van der Waals surface area contributed by atoms with Crippen molar-refractivity contribution in [3.05, 3.63) is 6.20 Å².